The first kappa shape index (κ1) is 13.6. The highest BCUT2D eigenvalue weighted by Gasteiger charge is 2.29. The second kappa shape index (κ2) is 4.82. The Balaban J connectivity index is 3.09. The lowest BCUT2D eigenvalue weighted by molar-refractivity contribution is -0.138. The summed E-state index contributed by atoms with van der Waals surface area (Å²) >= 11 is 0. The van der Waals surface area contributed by atoms with Crippen LogP contribution in [-0.4, -0.2) is 37.2 Å². The quantitative estimate of drug-likeness (QED) is 0.618. The fraction of sp³-hybridized carbons (Fsp3) is 0.500. The average Bonchev–Trinajstić information content (AvgIpc) is 2.55. The van der Waals surface area contributed by atoms with Crippen LogP contribution in [0.15, 0.2) is 9.42 Å². The minimum atomic E-state index is -4.00. The molecule has 0 saturated carbocycles. The molecule has 0 saturated heterocycles. The molecule has 0 amide bonds. The Hall–Kier alpha value is -1.45. The van der Waals surface area contributed by atoms with E-state index in [0.29, 0.717) is 0 Å². The fourth-order valence-corrected chi connectivity index (χ4v) is 2.84. The Labute approximate surface area is 97.8 Å². The molecule has 1 rings (SSSR count). The minimum absolute atomic E-state index is 0.0937. The van der Waals surface area contributed by atoms with Gasteiger partial charge in [-0.1, -0.05) is 5.16 Å². The van der Waals surface area contributed by atoms with E-state index >= 15 is 0 Å². The standard InChI is InChI=1S/C8H13N3O5S/c1-4-7(5(2)16-10-4)17(14,15)11-6(3-9)8(12)13/h6,11H,3,9H2,1-2H3,(H,12,13)/t6-/m0/s1. The van der Waals surface area contributed by atoms with Gasteiger partial charge in [-0.15, -0.1) is 0 Å². The van der Waals surface area contributed by atoms with Crippen molar-refractivity contribution in [2.45, 2.75) is 24.8 Å². The molecule has 1 heterocycles. The Morgan fingerprint density at radius 2 is 2.18 bits per heavy atom. The molecule has 1 aromatic heterocycles. The Morgan fingerprint density at radius 3 is 2.53 bits per heavy atom. The third-order valence-electron chi connectivity index (χ3n) is 2.07. The van der Waals surface area contributed by atoms with E-state index in [0.717, 1.165) is 0 Å². The largest absolute Gasteiger partial charge is 0.480 e. The smallest absolute Gasteiger partial charge is 0.323 e. The first-order chi connectivity index (χ1) is 7.79. The third-order valence-corrected chi connectivity index (χ3v) is 3.78. The number of carboxylic acids is 1. The Morgan fingerprint density at radius 1 is 1.59 bits per heavy atom. The Bertz CT molecular complexity index is 502. The van der Waals surface area contributed by atoms with E-state index in [1.807, 2.05) is 4.72 Å². The minimum Gasteiger partial charge on any atom is -0.480 e. The van der Waals surface area contributed by atoms with Gasteiger partial charge in [0.2, 0.25) is 10.0 Å². The molecule has 0 fully saturated rings. The number of rotatable bonds is 5. The topological polar surface area (TPSA) is 136 Å². The predicted octanol–water partition coefficient (Wildman–Crippen LogP) is -1.02. The summed E-state index contributed by atoms with van der Waals surface area (Å²) in [5.74, 6) is -1.25. The summed E-state index contributed by atoms with van der Waals surface area (Å²) in [5.41, 5.74) is 5.33. The number of sulfonamides is 1. The number of nitrogens with two attached hydrogens (primary N) is 1. The van der Waals surface area contributed by atoms with Crippen LogP contribution in [0.5, 0.6) is 0 Å². The number of hydrogen-bond donors (Lipinski definition) is 3. The van der Waals surface area contributed by atoms with E-state index in [1.54, 1.807) is 0 Å². The number of aryl methyl sites for hydroxylation is 2. The molecule has 0 aliphatic heterocycles. The van der Waals surface area contributed by atoms with Crippen LogP contribution in [0.4, 0.5) is 0 Å². The predicted molar refractivity (Wildman–Crippen MR) is 56.8 cm³/mol. The molecule has 0 radical (unpaired) electrons. The molecular weight excluding hydrogens is 250 g/mol. The normalized spacial score (nSPS) is 13.6. The van der Waals surface area contributed by atoms with Crippen molar-refractivity contribution in [2.75, 3.05) is 6.54 Å². The van der Waals surface area contributed by atoms with Gasteiger partial charge < -0.3 is 15.4 Å². The van der Waals surface area contributed by atoms with E-state index in [-0.39, 0.29) is 22.9 Å². The highest BCUT2D eigenvalue weighted by atomic mass is 32.2. The number of aliphatic carboxylic acids is 1. The first-order valence-corrected chi connectivity index (χ1v) is 6.16. The highest BCUT2D eigenvalue weighted by molar-refractivity contribution is 7.89. The summed E-state index contributed by atoms with van der Waals surface area (Å²) < 4.78 is 30.4. The molecule has 9 heteroatoms. The van der Waals surface area contributed by atoms with E-state index in [2.05, 4.69) is 5.16 Å². The van der Waals surface area contributed by atoms with Crippen LogP contribution in [0.2, 0.25) is 0 Å². The summed E-state index contributed by atoms with van der Waals surface area (Å²) in [7, 11) is -4.00. The van der Waals surface area contributed by atoms with Crippen molar-refractivity contribution in [3.05, 3.63) is 11.5 Å². The lowest BCUT2D eigenvalue weighted by Gasteiger charge is -2.12. The average molecular weight is 263 g/mol. The molecule has 0 aromatic carbocycles. The number of nitrogens with one attached hydrogen (secondary N) is 1. The van der Waals surface area contributed by atoms with E-state index in [9.17, 15) is 13.2 Å². The summed E-state index contributed by atoms with van der Waals surface area (Å²) in [5, 5.41) is 12.2. The van der Waals surface area contributed by atoms with Gasteiger partial charge in [-0.2, -0.15) is 4.72 Å². The highest BCUT2D eigenvalue weighted by Crippen LogP contribution is 2.18. The van der Waals surface area contributed by atoms with Crippen LogP contribution in [0.1, 0.15) is 11.5 Å². The molecule has 1 aromatic rings. The van der Waals surface area contributed by atoms with Gasteiger partial charge in [0.1, 0.15) is 16.6 Å². The Kier molecular flexibility index (Phi) is 3.86. The maximum Gasteiger partial charge on any atom is 0.323 e. The third kappa shape index (κ3) is 2.81. The van der Waals surface area contributed by atoms with Crippen LogP contribution in [0, 0.1) is 13.8 Å². The lowest BCUT2D eigenvalue weighted by Crippen LogP contribution is -2.45. The van der Waals surface area contributed by atoms with Crippen molar-refractivity contribution in [1.82, 2.24) is 9.88 Å². The van der Waals surface area contributed by atoms with Gasteiger partial charge in [0.25, 0.3) is 0 Å². The molecule has 0 bridgehead atoms. The second-order valence-corrected chi connectivity index (χ2v) is 5.05. The van der Waals surface area contributed by atoms with Gasteiger partial charge in [-0.25, -0.2) is 8.42 Å². The van der Waals surface area contributed by atoms with Crippen LogP contribution in [-0.2, 0) is 14.8 Å². The van der Waals surface area contributed by atoms with Crippen LogP contribution in [0.3, 0.4) is 0 Å². The molecular formula is C8H13N3O5S. The zero-order valence-electron chi connectivity index (χ0n) is 9.30. The van der Waals surface area contributed by atoms with Crippen LogP contribution < -0.4 is 10.5 Å². The van der Waals surface area contributed by atoms with Gasteiger partial charge in [0.15, 0.2) is 5.76 Å². The summed E-state index contributed by atoms with van der Waals surface area (Å²) in [6, 6.07) is -1.38. The van der Waals surface area contributed by atoms with Gasteiger partial charge in [-0.3, -0.25) is 4.79 Å². The lowest BCUT2D eigenvalue weighted by atomic mass is 10.3. The monoisotopic (exact) mass is 263 g/mol. The molecule has 0 aliphatic carbocycles. The SMILES string of the molecule is Cc1noc(C)c1S(=O)(=O)N[C@@H](CN)C(=O)O. The molecule has 4 N–H and O–H groups in total. The molecule has 0 unspecified atom stereocenters. The zero-order valence-corrected chi connectivity index (χ0v) is 10.1. The van der Waals surface area contributed by atoms with E-state index in [1.165, 1.54) is 13.8 Å². The van der Waals surface area contributed by atoms with Crippen molar-refractivity contribution in [3.63, 3.8) is 0 Å². The molecule has 96 valence electrons. The van der Waals surface area contributed by atoms with E-state index in [4.69, 9.17) is 15.4 Å². The van der Waals surface area contributed by atoms with Crippen molar-refractivity contribution >= 4 is 16.0 Å². The van der Waals surface area contributed by atoms with Crippen LogP contribution in [0.25, 0.3) is 0 Å². The summed E-state index contributed by atoms with van der Waals surface area (Å²) in [6.07, 6.45) is 0. The number of aromatic nitrogens is 1. The zero-order chi connectivity index (χ0) is 13.2. The number of nitrogens with zero attached hydrogens (tertiary/aromatic N) is 1. The van der Waals surface area contributed by atoms with Crippen molar-refractivity contribution in [2.24, 2.45) is 5.73 Å². The fourth-order valence-electron chi connectivity index (χ4n) is 1.30. The van der Waals surface area contributed by atoms with Crippen molar-refractivity contribution in [1.29, 1.82) is 0 Å². The van der Waals surface area contributed by atoms with Crippen molar-refractivity contribution in [3.8, 4) is 0 Å². The maximum absolute atomic E-state index is 11.9. The van der Waals surface area contributed by atoms with Gasteiger partial charge in [0, 0.05) is 6.54 Å². The summed E-state index contributed by atoms with van der Waals surface area (Å²) in [6.45, 7) is 2.52. The van der Waals surface area contributed by atoms with Gasteiger partial charge >= 0.3 is 5.97 Å². The molecule has 0 spiro atoms. The molecule has 0 aliphatic rings. The molecule has 1 atom stereocenters. The second-order valence-electron chi connectivity index (χ2n) is 3.40. The molecule has 17 heavy (non-hydrogen) atoms. The van der Waals surface area contributed by atoms with Crippen molar-refractivity contribution < 1.29 is 22.8 Å². The van der Waals surface area contributed by atoms with Gasteiger partial charge in [0.05, 0.1) is 0 Å². The summed E-state index contributed by atoms with van der Waals surface area (Å²) in [4.78, 5) is 10.5. The first-order valence-electron chi connectivity index (χ1n) is 4.67. The molecule has 8 nitrogen and oxygen atoms in total. The van der Waals surface area contributed by atoms with Gasteiger partial charge in [-0.05, 0) is 13.8 Å². The number of carbonyl (C=O) groups is 1. The maximum atomic E-state index is 11.9. The van der Waals surface area contributed by atoms with E-state index < -0.39 is 22.0 Å². The number of hydrogen-bond acceptors (Lipinski definition) is 6. The van der Waals surface area contributed by atoms with Crippen LogP contribution >= 0.6 is 0 Å². The number of carboxylic acid groups (broad SMARTS) is 1.